The van der Waals surface area contributed by atoms with E-state index >= 15 is 0 Å². The lowest BCUT2D eigenvalue weighted by molar-refractivity contribution is -0.139. The lowest BCUT2D eigenvalue weighted by Crippen LogP contribution is -2.15. The summed E-state index contributed by atoms with van der Waals surface area (Å²) < 4.78 is 4.90. The molecule has 1 heterocycles. The van der Waals surface area contributed by atoms with Crippen LogP contribution < -0.4 is 5.32 Å². The zero-order chi connectivity index (χ0) is 13.7. The second-order valence-corrected chi connectivity index (χ2v) is 5.68. The molecule has 4 nitrogen and oxygen atoms in total. The van der Waals surface area contributed by atoms with E-state index in [0.29, 0.717) is 18.4 Å². The number of nitrogens with one attached hydrogen (secondary N) is 1. The average molecular weight is 280 g/mol. The minimum absolute atomic E-state index is 0.187. The van der Waals surface area contributed by atoms with E-state index in [0.717, 1.165) is 17.1 Å². The Morgan fingerprint density at radius 2 is 2.37 bits per heavy atom. The Bertz CT molecular complexity index is 447. The van der Waals surface area contributed by atoms with Crippen LogP contribution in [0, 0.1) is 6.92 Å². The number of aromatic nitrogens is 1. The average Bonchev–Trinajstić information content (AvgIpc) is 3.19. The SMILES string of the molecule is CCOC(=O)CSc1ncc(CNC2CC2)cc1C. The molecule has 1 fully saturated rings. The van der Waals surface area contributed by atoms with Crippen molar-refractivity contribution in [2.45, 2.75) is 44.3 Å². The van der Waals surface area contributed by atoms with Crippen LogP contribution in [-0.4, -0.2) is 29.4 Å². The summed E-state index contributed by atoms with van der Waals surface area (Å²) in [6.45, 7) is 5.15. The molecular formula is C14H20N2O2S. The van der Waals surface area contributed by atoms with E-state index < -0.39 is 0 Å². The van der Waals surface area contributed by atoms with Crippen LogP contribution in [-0.2, 0) is 16.1 Å². The number of nitrogens with zero attached hydrogens (tertiary/aromatic N) is 1. The molecule has 0 spiro atoms. The number of thioether (sulfide) groups is 1. The van der Waals surface area contributed by atoms with Gasteiger partial charge >= 0.3 is 5.97 Å². The van der Waals surface area contributed by atoms with Crippen molar-refractivity contribution in [3.8, 4) is 0 Å². The molecule has 0 bridgehead atoms. The monoisotopic (exact) mass is 280 g/mol. The molecular weight excluding hydrogens is 260 g/mol. The summed E-state index contributed by atoms with van der Waals surface area (Å²) in [4.78, 5) is 15.7. The van der Waals surface area contributed by atoms with E-state index in [4.69, 9.17) is 4.74 Å². The van der Waals surface area contributed by atoms with Crippen LogP contribution in [0.1, 0.15) is 30.9 Å². The molecule has 1 aromatic rings. The first kappa shape index (κ1) is 14.3. The molecule has 104 valence electrons. The molecule has 1 aliphatic carbocycles. The highest BCUT2D eigenvalue weighted by Crippen LogP contribution is 2.22. The van der Waals surface area contributed by atoms with E-state index in [1.807, 2.05) is 20.0 Å². The van der Waals surface area contributed by atoms with Gasteiger partial charge < -0.3 is 10.1 Å². The Balaban J connectivity index is 1.84. The first-order chi connectivity index (χ1) is 9.19. The summed E-state index contributed by atoms with van der Waals surface area (Å²) in [7, 11) is 0. The van der Waals surface area contributed by atoms with Gasteiger partial charge in [-0.1, -0.05) is 17.8 Å². The second-order valence-electron chi connectivity index (χ2n) is 4.71. The van der Waals surface area contributed by atoms with Crippen LogP contribution in [0.3, 0.4) is 0 Å². The smallest absolute Gasteiger partial charge is 0.316 e. The van der Waals surface area contributed by atoms with Crippen LogP contribution in [0.25, 0.3) is 0 Å². The van der Waals surface area contributed by atoms with E-state index in [9.17, 15) is 4.79 Å². The number of hydrogen-bond donors (Lipinski definition) is 1. The third-order valence-corrected chi connectivity index (χ3v) is 3.97. The molecule has 1 aliphatic rings. The van der Waals surface area contributed by atoms with Crippen LogP contribution in [0.5, 0.6) is 0 Å². The lowest BCUT2D eigenvalue weighted by Gasteiger charge is -2.08. The zero-order valence-corrected chi connectivity index (χ0v) is 12.3. The van der Waals surface area contributed by atoms with Gasteiger partial charge in [0.2, 0.25) is 0 Å². The lowest BCUT2D eigenvalue weighted by atomic mass is 10.2. The minimum atomic E-state index is -0.187. The van der Waals surface area contributed by atoms with Crippen molar-refractivity contribution in [1.82, 2.24) is 10.3 Å². The van der Waals surface area contributed by atoms with Crippen molar-refractivity contribution in [1.29, 1.82) is 0 Å². The fourth-order valence-corrected chi connectivity index (χ4v) is 2.50. The highest BCUT2D eigenvalue weighted by molar-refractivity contribution is 7.99. The molecule has 1 saturated carbocycles. The molecule has 2 rings (SSSR count). The molecule has 0 aromatic carbocycles. The van der Waals surface area contributed by atoms with Crippen molar-refractivity contribution in [3.05, 3.63) is 23.4 Å². The number of ether oxygens (including phenoxy) is 1. The van der Waals surface area contributed by atoms with Crippen LogP contribution in [0.4, 0.5) is 0 Å². The van der Waals surface area contributed by atoms with Gasteiger partial charge in [-0.25, -0.2) is 4.98 Å². The Labute approximate surface area is 118 Å². The topological polar surface area (TPSA) is 51.2 Å². The van der Waals surface area contributed by atoms with E-state index in [2.05, 4.69) is 16.4 Å². The highest BCUT2D eigenvalue weighted by atomic mass is 32.2. The molecule has 0 amide bonds. The summed E-state index contributed by atoms with van der Waals surface area (Å²) in [5.74, 6) is 0.134. The number of rotatable bonds is 7. The highest BCUT2D eigenvalue weighted by Gasteiger charge is 2.20. The van der Waals surface area contributed by atoms with Gasteiger partial charge in [-0.2, -0.15) is 0 Å². The third kappa shape index (κ3) is 4.84. The first-order valence-electron chi connectivity index (χ1n) is 6.66. The molecule has 0 atom stereocenters. The number of esters is 1. The summed E-state index contributed by atoms with van der Waals surface area (Å²) in [6.07, 6.45) is 4.47. The molecule has 1 aromatic heterocycles. The second kappa shape index (κ2) is 6.91. The Morgan fingerprint density at radius 1 is 1.58 bits per heavy atom. The number of carbonyl (C=O) groups is 1. The van der Waals surface area contributed by atoms with Gasteiger partial charge in [0, 0.05) is 18.8 Å². The van der Waals surface area contributed by atoms with Gasteiger partial charge in [-0.15, -0.1) is 0 Å². The normalized spacial score (nSPS) is 14.4. The van der Waals surface area contributed by atoms with Gasteiger partial charge in [-0.05, 0) is 37.8 Å². The fraction of sp³-hybridized carbons (Fsp3) is 0.571. The van der Waals surface area contributed by atoms with Gasteiger partial charge in [0.1, 0.15) is 0 Å². The van der Waals surface area contributed by atoms with Crippen LogP contribution >= 0.6 is 11.8 Å². The zero-order valence-electron chi connectivity index (χ0n) is 11.4. The Morgan fingerprint density at radius 3 is 3.00 bits per heavy atom. The molecule has 0 saturated heterocycles. The van der Waals surface area contributed by atoms with Gasteiger partial charge in [0.25, 0.3) is 0 Å². The van der Waals surface area contributed by atoms with Crippen LogP contribution in [0.15, 0.2) is 17.3 Å². The van der Waals surface area contributed by atoms with Crippen molar-refractivity contribution in [2.24, 2.45) is 0 Å². The minimum Gasteiger partial charge on any atom is -0.465 e. The fourth-order valence-electron chi connectivity index (χ4n) is 1.75. The van der Waals surface area contributed by atoms with E-state index in [1.54, 1.807) is 0 Å². The maximum atomic E-state index is 11.3. The van der Waals surface area contributed by atoms with Gasteiger partial charge in [-0.3, -0.25) is 4.79 Å². The maximum Gasteiger partial charge on any atom is 0.316 e. The number of aryl methyl sites for hydroxylation is 1. The summed E-state index contributed by atoms with van der Waals surface area (Å²) in [6, 6.07) is 2.84. The molecule has 5 heteroatoms. The van der Waals surface area contributed by atoms with E-state index in [1.165, 1.54) is 30.2 Å². The maximum absolute atomic E-state index is 11.3. The van der Waals surface area contributed by atoms with Crippen LogP contribution in [0.2, 0.25) is 0 Å². The summed E-state index contributed by atoms with van der Waals surface area (Å²) in [5, 5.41) is 4.37. The number of carbonyl (C=O) groups excluding carboxylic acids is 1. The molecule has 19 heavy (non-hydrogen) atoms. The molecule has 0 aliphatic heterocycles. The number of hydrogen-bond acceptors (Lipinski definition) is 5. The largest absolute Gasteiger partial charge is 0.465 e. The predicted molar refractivity (Wildman–Crippen MR) is 76.2 cm³/mol. The molecule has 1 N–H and O–H groups in total. The Kier molecular flexibility index (Phi) is 5.22. The molecule has 0 radical (unpaired) electrons. The summed E-state index contributed by atoms with van der Waals surface area (Å²) in [5.41, 5.74) is 2.31. The van der Waals surface area contributed by atoms with Crippen molar-refractivity contribution in [3.63, 3.8) is 0 Å². The predicted octanol–water partition coefficient (Wildman–Crippen LogP) is 2.30. The number of pyridine rings is 1. The van der Waals surface area contributed by atoms with Gasteiger partial charge in [0.05, 0.1) is 17.4 Å². The van der Waals surface area contributed by atoms with Gasteiger partial charge in [0.15, 0.2) is 0 Å². The standard InChI is InChI=1S/C14H20N2O2S/c1-3-18-13(17)9-19-14-10(2)6-11(8-16-14)7-15-12-4-5-12/h6,8,12,15H,3-5,7,9H2,1-2H3. The van der Waals surface area contributed by atoms with Crippen molar-refractivity contribution >= 4 is 17.7 Å². The summed E-state index contributed by atoms with van der Waals surface area (Å²) >= 11 is 1.43. The van der Waals surface area contributed by atoms with E-state index in [-0.39, 0.29) is 5.97 Å². The molecule has 0 unspecified atom stereocenters. The quantitative estimate of drug-likeness (QED) is 0.613. The van der Waals surface area contributed by atoms with Crippen molar-refractivity contribution < 1.29 is 9.53 Å². The Hall–Kier alpha value is -1.07. The van der Waals surface area contributed by atoms with Crippen molar-refractivity contribution in [2.75, 3.05) is 12.4 Å². The third-order valence-electron chi connectivity index (χ3n) is 2.89. The first-order valence-corrected chi connectivity index (χ1v) is 7.65.